The molecule has 2 fully saturated rings. The Bertz CT molecular complexity index is 894. The quantitative estimate of drug-likeness (QED) is 0.605. The lowest BCUT2D eigenvalue weighted by molar-refractivity contribution is -0.384. The van der Waals surface area contributed by atoms with Crippen molar-refractivity contribution in [3.8, 4) is 6.07 Å². The number of non-ortho nitro benzene ring substituents is 1. The third-order valence-electron chi connectivity index (χ3n) is 5.01. The number of aromatic nitrogens is 1. The first-order chi connectivity index (χ1) is 12.1. The van der Waals surface area contributed by atoms with Gasteiger partial charge in [-0.15, -0.1) is 0 Å². The first kappa shape index (κ1) is 15.7. The monoisotopic (exact) mass is 339 g/mol. The van der Waals surface area contributed by atoms with E-state index in [1.165, 1.54) is 12.1 Å². The Labute approximate surface area is 144 Å². The van der Waals surface area contributed by atoms with Crippen LogP contribution in [0.15, 0.2) is 24.3 Å². The van der Waals surface area contributed by atoms with E-state index in [0.717, 1.165) is 26.2 Å². The molecule has 1 aromatic carbocycles. The van der Waals surface area contributed by atoms with Crippen molar-refractivity contribution >= 4 is 22.4 Å². The van der Waals surface area contributed by atoms with E-state index in [9.17, 15) is 15.4 Å². The van der Waals surface area contributed by atoms with Crippen LogP contribution in [0.4, 0.5) is 11.5 Å². The highest BCUT2D eigenvalue weighted by molar-refractivity contribution is 5.88. The van der Waals surface area contributed by atoms with Crippen LogP contribution in [0.2, 0.25) is 0 Å². The van der Waals surface area contributed by atoms with Crippen molar-refractivity contribution < 1.29 is 9.66 Å². The zero-order valence-corrected chi connectivity index (χ0v) is 13.8. The van der Waals surface area contributed by atoms with Gasteiger partial charge in [-0.2, -0.15) is 5.26 Å². The normalized spacial score (nSPS) is 23.4. The van der Waals surface area contributed by atoms with Crippen molar-refractivity contribution in [2.24, 2.45) is 0 Å². The zero-order valence-electron chi connectivity index (χ0n) is 13.8. The molecule has 25 heavy (non-hydrogen) atoms. The Morgan fingerprint density at radius 2 is 2.24 bits per heavy atom. The zero-order chi connectivity index (χ0) is 17.6. The number of benzene rings is 1. The summed E-state index contributed by atoms with van der Waals surface area (Å²) >= 11 is 0. The van der Waals surface area contributed by atoms with Crippen LogP contribution in [0.1, 0.15) is 5.56 Å². The van der Waals surface area contributed by atoms with Gasteiger partial charge >= 0.3 is 0 Å². The summed E-state index contributed by atoms with van der Waals surface area (Å²) in [5.74, 6) is 0.712. The van der Waals surface area contributed by atoms with Crippen molar-refractivity contribution in [1.82, 2.24) is 9.88 Å². The van der Waals surface area contributed by atoms with Gasteiger partial charge in [-0.25, -0.2) is 4.98 Å². The Kier molecular flexibility index (Phi) is 3.75. The van der Waals surface area contributed by atoms with Crippen molar-refractivity contribution in [3.63, 3.8) is 0 Å². The lowest BCUT2D eigenvalue weighted by Crippen LogP contribution is -2.48. The van der Waals surface area contributed by atoms with Crippen LogP contribution in [0, 0.1) is 21.4 Å². The number of anilines is 1. The molecule has 2 aliphatic rings. The summed E-state index contributed by atoms with van der Waals surface area (Å²) in [5.41, 5.74) is 0.942. The topological polar surface area (TPSA) is 95.5 Å². The average molecular weight is 339 g/mol. The predicted octanol–water partition coefficient (Wildman–Crippen LogP) is 1.53. The molecule has 0 aliphatic carbocycles. The Balaban J connectivity index is 1.73. The van der Waals surface area contributed by atoms with E-state index in [4.69, 9.17) is 4.74 Å². The van der Waals surface area contributed by atoms with Gasteiger partial charge < -0.3 is 9.64 Å². The summed E-state index contributed by atoms with van der Waals surface area (Å²) < 4.78 is 5.86. The fourth-order valence-corrected chi connectivity index (χ4v) is 3.61. The largest absolute Gasteiger partial charge is 0.373 e. The van der Waals surface area contributed by atoms with Gasteiger partial charge in [0, 0.05) is 37.2 Å². The van der Waals surface area contributed by atoms with E-state index in [2.05, 4.69) is 27.9 Å². The maximum Gasteiger partial charge on any atom is 0.270 e. The number of hydrogen-bond donors (Lipinski definition) is 0. The van der Waals surface area contributed by atoms with Crippen LogP contribution in [0.25, 0.3) is 10.9 Å². The molecule has 3 heterocycles. The number of likely N-dealkylation sites (N-methyl/N-ethyl adjacent to an activating group) is 1. The second kappa shape index (κ2) is 5.95. The Morgan fingerprint density at radius 1 is 1.40 bits per heavy atom. The Morgan fingerprint density at radius 3 is 2.96 bits per heavy atom. The number of nitro benzene ring substituents is 1. The van der Waals surface area contributed by atoms with Crippen LogP contribution < -0.4 is 4.90 Å². The molecule has 128 valence electrons. The van der Waals surface area contributed by atoms with E-state index in [-0.39, 0.29) is 11.8 Å². The lowest BCUT2D eigenvalue weighted by atomic mass is 10.1. The van der Waals surface area contributed by atoms with Crippen LogP contribution in [-0.4, -0.2) is 60.2 Å². The number of nitriles is 1. The molecule has 0 N–H and O–H groups in total. The third kappa shape index (κ3) is 2.67. The number of nitro groups is 1. The molecule has 8 heteroatoms. The molecular formula is C17H17N5O3. The maximum atomic E-state index is 11.0. The van der Waals surface area contributed by atoms with Crippen molar-refractivity contribution in [2.75, 3.05) is 38.2 Å². The number of fused-ring (bicyclic) bond motifs is 2. The summed E-state index contributed by atoms with van der Waals surface area (Å²) in [5, 5.41) is 21.0. The van der Waals surface area contributed by atoms with E-state index in [0.29, 0.717) is 28.3 Å². The molecular weight excluding hydrogens is 322 g/mol. The van der Waals surface area contributed by atoms with Gasteiger partial charge in [0.1, 0.15) is 5.82 Å². The molecule has 0 radical (unpaired) electrons. The first-order valence-electron chi connectivity index (χ1n) is 8.13. The van der Waals surface area contributed by atoms with E-state index in [1.54, 1.807) is 12.1 Å². The Hall–Kier alpha value is -2.76. The van der Waals surface area contributed by atoms with Gasteiger partial charge in [0.05, 0.1) is 40.8 Å². The first-order valence-corrected chi connectivity index (χ1v) is 8.13. The highest BCUT2D eigenvalue weighted by atomic mass is 16.6. The second-order valence-corrected chi connectivity index (χ2v) is 6.46. The number of rotatable bonds is 2. The summed E-state index contributed by atoms with van der Waals surface area (Å²) in [7, 11) is 2.09. The second-order valence-electron chi connectivity index (χ2n) is 6.46. The van der Waals surface area contributed by atoms with E-state index in [1.807, 2.05) is 0 Å². The summed E-state index contributed by atoms with van der Waals surface area (Å²) in [4.78, 5) is 19.6. The number of hydrogen-bond acceptors (Lipinski definition) is 7. The fraction of sp³-hybridized carbons (Fsp3) is 0.412. The highest BCUT2D eigenvalue weighted by Crippen LogP contribution is 2.30. The standard InChI is InChI=1S/C17H17N5O3/c1-20-4-5-25-16-10-21(9-15(16)20)17-6-11(8-18)13-7-12(22(23)24)2-3-14(13)19-17/h2-3,6-7,15-16H,4-5,9-10H2,1H3. The smallest absolute Gasteiger partial charge is 0.270 e. The minimum Gasteiger partial charge on any atom is -0.373 e. The lowest BCUT2D eigenvalue weighted by Gasteiger charge is -2.33. The predicted molar refractivity (Wildman–Crippen MR) is 91.5 cm³/mol. The van der Waals surface area contributed by atoms with Gasteiger partial charge in [0.25, 0.3) is 5.69 Å². The molecule has 2 atom stereocenters. The van der Waals surface area contributed by atoms with E-state index < -0.39 is 4.92 Å². The minimum absolute atomic E-state index is 0.0410. The SMILES string of the molecule is CN1CCOC2CN(c3cc(C#N)c4cc([N+](=O)[O-])ccc4n3)CC21. The molecule has 0 bridgehead atoms. The fourth-order valence-electron chi connectivity index (χ4n) is 3.61. The molecule has 0 saturated carbocycles. The van der Waals surface area contributed by atoms with Crippen LogP contribution in [0.3, 0.4) is 0 Å². The molecule has 8 nitrogen and oxygen atoms in total. The third-order valence-corrected chi connectivity index (χ3v) is 5.01. The van der Waals surface area contributed by atoms with Gasteiger partial charge in [0.2, 0.25) is 0 Å². The van der Waals surface area contributed by atoms with E-state index >= 15 is 0 Å². The molecule has 4 rings (SSSR count). The summed E-state index contributed by atoms with van der Waals surface area (Å²) in [6, 6.07) is 8.59. The van der Waals surface area contributed by atoms with Crippen LogP contribution in [-0.2, 0) is 4.74 Å². The van der Waals surface area contributed by atoms with Crippen molar-refractivity contribution in [3.05, 3.63) is 39.9 Å². The summed E-state index contributed by atoms with van der Waals surface area (Å²) in [6.07, 6.45) is 0.138. The van der Waals surface area contributed by atoms with Crippen molar-refractivity contribution in [2.45, 2.75) is 12.1 Å². The number of nitrogens with zero attached hydrogens (tertiary/aromatic N) is 5. The van der Waals surface area contributed by atoms with Crippen LogP contribution >= 0.6 is 0 Å². The molecule has 2 saturated heterocycles. The van der Waals surface area contributed by atoms with Crippen molar-refractivity contribution in [1.29, 1.82) is 5.26 Å². The molecule has 2 unspecified atom stereocenters. The number of ether oxygens (including phenoxy) is 1. The average Bonchev–Trinajstić information content (AvgIpc) is 3.06. The molecule has 1 aromatic heterocycles. The van der Waals surface area contributed by atoms with Gasteiger partial charge in [0.15, 0.2) is 0 Å². The molecule has 2 aromatic rings. The van der Waals surface area contributed by atoms with Gasteiger partial charge in [-0.1, -0.05) is 0 Å². The summed E-state index contributed by atoms with van der Waals surface area (Å²) in [6.45, 7) is 3.15. The molecule has 2 aliphatic heterocycles. The molecule has 0 spiro atoms. The number of morpholine rings is 1. The minimum atomic E-state index is -0.465. The maximum absolute atomic E-state index is 11.0. The van der Waals surface area contributed by atoms with Gasteiger partial charge in [-0.3, -0.25) is 15.0 Å². The molecule has 0 amide bonds. The number of pyridine rings is 1. The highest BCUT2D eigenvalue weighted by Gasteiger charge is 2.39. The van der Waals surface area contributed by atoms with Gasteiger partial charge in [-0.05, 0) is 19.2 Å². The van der Waals surface area contributed by atoms with Crippen LogP contribution in [0.5, 0.6) is 0 Å².